The molecular formula is C15H22N4O. The summed E-state index contributed by atoms with van der Waals surface area (Å²) >= 11 is 0. The molecule has 1 saturated heterocycles. The van der Waals surface area contributed by atoms with Crippen molar-refractivity contribution in [3.05, 3.63) is 17.6 Å². The van der Waals surface area contributed by atoms with Crippen molar-refractivity contribution in [1.29, 1.82) is 0 Å². The van der Waals surface area contributed by atoms with Crippen molar-refractivity contribution < 1.29 is 4.79 Å². The number of amides is 1. The van der Waals surface area contributed by atoms with Gasteiger partial charge < -0.3 is 10.2 Å². The highest BCUT2D eigenvalue weighted by Crippen LogP contribution is 2.25. The standard InChI is InChI=1S/C15H22N4O/c1-19-9-11(7-8-14(19)20)18-15-12-5-3-2-4-6-13(12)16-10-17-15/h10-11H,2-9H2,1H3,(H,16,17,18). The molecule has 1 unspecified atom stereocenters. The number of anilines is 1. The number of aryl methyl sites for hydroxylation is 1. The summed E-state index contributed by atoms with van der Waals surface area (Å²) in [5.74, 6) is 1.23. The zero-order chi connectivity index (χ0) is 13.9. The van der Waals surface area contributed by atoms with Crippen molar-refractivity contribution in [2.24, 2.45) is 0 Å². The van der Waals surface area contributed by atoms with Crippen LogP contribution in [0.25, 0.3) is 0 Å². The van der Waals surface area contributed by atoms with E-state index in [0.29, 0.717) is 12.5 Å². The molecule has 1 N–H and O–H groups in total. The fourth-order valence-electron chi connectivity index (χ4n) is 3.15. The molecule has 1 fully saturated rings. The van der Waals surface area contributed by atoms with E-state index < -0.39 is 0 Å². The van der Waals surface area contributed by atoms with Crippen LogP contribution in [0.5, 0.6) is 0 Å². The lowest BCUT2D eigenvalue weighted by atomic mass is 10.0. The second-order valence-electron chi connectivity index (χ2n) is 5.86. The molecule has 0 radical (unpaired) electrons. The van der Waals surface area contributed by atoms with Crippen molar-refractivity contribution in [3.8, 4) is 0 Å². The number of likely N-dealkylation sites (tertiary alicyclic amines) is 1. The van der Waals surface area contributed by atoms with Crippen molar-refractivity contribution in [1.82, 2.24) is 14.9 Å². The number of piperidine rings is 1. The molecule has 1 aliphatic carbocycles. The van der Waals surface area contributed by atoms with E-state index in [0.717, 1.165) is 31.6 Å². The Morgan fingerprint density at radius 2 is 2.05 bits per heavy atom. The van der Waals surface area contributed by atoms with Crippen LogP contribution in [0, 0.1) is 0 Å². The van der Waals surface area contributed by atoms with Crippen molar-refractivity contribution in [3.63, 3.8) is 0 Å². The summed E-state index contributed by atoms with van der Waals surface area (Å²) in [6.45, 7) is 0.762. The number of nitrogens with zero attached hydrogens (tertiary/aromatic N) is 3. The summed E-state index contributed by atoms with van der Waals surface area (Å²) in [6, 6.07) is 0.306. The van der Waals surface area contributed by atoms with E-state index in [-0.39, 0.29) is 5.91 Å². The first kappa shape index (κ1) is 13.3. The Morgan fingerprint density at radius 3 is 2.90 bits per heavy atom. The summed E-state index contributed by atoms with van der Waals surface area (Å²) in [5, 5.41) is 3.54. The largest absolute Gasteiger partial charge is 0.365 e. The van der Waals surface area contributed by atoms with Gasteiger partial charge >= 0.3 is 0 Å². The van der Waals surface area contributed by atoms with Crippen LogP contribution in [-0.2, 0) is 17.6 Å². The third-order valence-corrected chi connectivity index (χ3v) is 4.34. The molecule has 20 heavy (non-hydrogen) atoms. The van der Waals surface area contributed by atoms with Crippen LogP contribution >= 0.6 is 0 Å². The Hall–Kier alpha value is -1.65. The third-order valence-electron chi connectivity index (χ3n) is 4.34. The molecule has 1 aromatic rings. The van der Waals surface area contributed by atoms with Gasteiger partial charge in [0.05, 0.1) is 0 Å². The highest BCUT2D eigenvalue weighted by atomic mass is 16.2. The van der Waals surface area contributed by atoms with Crippen molar-refractivity contribution >= 4 is 11.7 Å². The number of carbonyl (C=O) groups excluding carboxylic acids is 1. The normalized spacial score (nSPS) is 23.1. The predicted octanol–water partition coefficient (Wildman–Crippen LogP) is 1.78. The van der Waals surface area contributed by atoms with Crippen LogP contribution in [0.15, 0.2) is 6.33 Å². The van der Waals surface area contributed by atoms with E-state index in [1.54, 1.807) is 11.2 Å². The minimum Gasteiger partial charge on any atom is -0.365 e. The zero-order valence-electron chi connectivity index (χ0n) is 12.1. The van der Waals surface area contributed by atoms with E-state index in [2.05, 4.69) is 15.3 Å². The predicted molar refractivity (Wildman–Crippen MR) is 77.6 cm³/mol. The molecule has 0 spiro atoms. The quantitative estimate of drug-likeness (QED) is 0.835. The first-order valence-electron chi connectivity index (χ1n) is 7.57. The number of hydrogen-bond acceptors (Lipinski definition) is 4. The zero-order valence-corrected chi connectivity index (χ0v) is 12.1. The van der Waals surface area contributed by atoms with Gasteiger partial charge in [-0.3, -0.25) is 4.79 Å². The molecule has 1 atom stereocenters. The maximum Gasteiger partial charge on any atom is 0.222 e. The lowest BCUT2D eigenvalue weighted by Crippen LogP contribution is -2.43. The molecule has 1 aromatic heterocycles. The fourth-order valence-corrected chi connectivity index (χ4v) is 3.15. The lowest BCUT2D eigenvalue weighted by Gasteiger charge is -2.31. The summed E-state index contributed by atoms with van der Waals surface area (Å²) in [6.07, 6.45) is 9.04. The Bertz CT molecular complexity index is 503. The molecule has 0 bridgehead atoms. The lowest BCUT2D eigenvalue weighted by molar-refractivity contribution is -0.132. The number of rotatable bonds is 2. The van der Waals surface area contributed by atoms with Gasteiger partial charge in [0.2, 0.25) is 5.91 Å². The number of likely N-dealkylation sites (N-methyl/N-ethyl adjacent to an activating group) is 1. The van der Waals surface area contributed by atoms with Crippen molar-refractivity contribution in [2.45, 2.75) is 51.0 Å². The molecule has 5 nitrogen and oxygen atoms in total. The molecule has 1 amide bonds. The molecule has 5 heteroatoms. The van der Waals surface area contributed by atoms with Crippen LogP contribution in [0.1, 0.15) is 43.4 Å². The van der Waals surface area contributed by atoms with Gasteiger partial charge in [-0.05, 0) is 32.1 Å². The number of aromatic nitrogens is 2. The van der Waals surface area contributed by atoms with E-state index in [1.165, 1.54) is 30.5 Å². The van der Waals surface area contributed by atoms with E-state index >= 15 is 0 Å². The minimum atomic E-state index is 0.240. The first-order valence-corrected chi connectivity index (χ1v) is 7.57. The van der Waals surface area contributed by atoms with Crippen LogP contribution < -0.4 is 5.32 Å². The molecule has 2 aliphatic rings. The van der Waals surface area contributed by atoms with Gasteiger partial charge in [-0.15, -0.1) is 0 Å². The summed E-state index contributed by atoms with van der Waals surface area (Å²) in [4.78, 5) is 22.2. The molecule has 108 valence electrons. The molecule has 1 aliphatic heterocycles. The maximum absolute atomic E-state index is 11.5. The van der Waals surface area contributed by atoms with Crippen LogP contribution in [0.4, 0.5) is 5.82 Å². The topological polar surface area (TPSA) is 58.1 Å². The fraction of sp³-hybridized carbons (Fsp3) is 0.667. The second kappa shape index (κ2) is 5.77. The summed E-state index contributed by atoms with van der Waals surface area (Å²) in [5.41, 5.74) is 2.50. The first-order chi connectivity index (χ1) is 9.74. The monoisotopic (exact) mass is 274 g/mol. The summed E-state index contributed by atoms with van der Waals surface area (Å²) < 4.78 is 0. The molecule has 2 heterocycles. The van der Waals surface area contributed by atoms with Gasteiger partial charge in [0.25, 0.3) is 0 Å². The minimum absolute atomic E-state index is 0.240. The van der Waals surface area contributed by atoms with E-state index in [9.17, 15) is 4.79 Å². The van der Waals surface area contributed by atoms with Crippen molar-refractivity contribution in [2.75, 3.05) is 18.9 Å². The van der Waals surface area contributed by atoms with Crippen LogP contribution in [-0.4, -0.2) is 40.4 Å². The van der Waals surface area contributed by atoms with Gasteiger partial charge in [0.15, 0.2) is 0 Å². The molecular weight excluding hydrogens is 252 g/mol. The van der Waals surface area contributed by atoms with Gasteiger partial charge in [-0.2, -0.15) is 0 Å². The smallest absolute Gasteiger partial charge is 0.222 e. The Balaban J connectivity index is 1.76. The highest BCUT2D eigenvalue weighted by molar-refractivity contribution is 5.77. The highest BCUT2D eigenvalue weighted by Gasteiger charge is 2.24. The van der Waals surface area contributed by atoms with Gasteiger partial charge in [-0.1, -0.05) is 6.42 Å². The Kier molecular flexibility index (Phi) is 3.85. The molecule has 3 rings (SSSR count). The van der Waals surface area contributed by atoms with Gasteiger partial charge in [-0.25, -0.2) is 9.97 Å². The van der Waals surface area contributed by atoms with Gasteiger partial charge in [0.1, 0.15) is 12.1 Å². The Morgan fingerprint density at radius 1 is 1.20 bits per heavy atom. The van der Waals surface area contributed by atoms with E-state index in [4.69, 9.17) is 0 Å². The Labute approximate surface area is 119 Å². The number of nitrogens with one attached hydrogen (secondary N) is 1. The molecule has 0 aromatic carbocycles. The average Bonchev–Trinajstić information content (AvgIpc) is 2.69. The van der Waals surface area contributed by atoms with Crippen LogP contribution in [0.2, 0.25) is 0 Å². The maximum atomic E-state index is 11.5. The number of fused-ring (bicyclic) bond motifs is 1. The van der Waals surface area contributed by atoms with Crippen LogP contribution in [0.3, 0.4) is 0 Å². The van der Waals surface area contributed by atoms with Gasteiger partial charge in [0, 0.05) is 37.3 Å². The number of carbonyl (C=O) groups is 1. The second-order valence-corrected chi connectivity index (χ2v) is 5.86. The third kappa shape index (κ3) is 2.76. The SMILES string of the molecule is CN1CC(Nc2ncnc3c2CCCCC3)CCC1=O. The summed E-state index contributed by atoms with van der Waals surface area (Å²) in [7, 11) is 1.87. The van der Waals surface area contributed by atoms with E-state index in [1.807, 2.05) is 7.05 Å². The average molecular weight is 274 g/mol. The molecule has 0 saturated carbocycles. The number of hydrogen-bond donors (Lipinski definition) is 1.